The molecule has 0 aromatic heterocycles. The highest BCUT2D eigenvalue weighted by molar-refractivity contribution is 5.71. The second kappa shape index (κ2) is 47.4. The molecular weight excluding hydrogens is 769 g/mol. The van der Waals surface area contributed by atoms with Gasteiger partial charge in [0.15, 0.2) is 6.10 Å². The summed E-state index contributed by atoms with van der Waals surface area (Å²) >= 11 is 0. The second-order valence-corrected chi connectivity index (χ2v) is 20.6. The Morgan fingerprint density at radius 2 is 0.468 bits per heavy atom. The van der Waals surface area contributed by atoms with Gasteiger partial charge in [-0.25, -0.2) is 0 Å². The Hall–Kier alpha value is -1.59. The fourth-order valence-corrected chi connectivity index (χ4v) is 8.47. The highest BCUT2D eigenvalue weighted by atomic mass is 16.6. The Morgan fingerprint density at radius 1 is 0.274 bits per heavy atom. The van der Waals surface area contributed by atoms with Gasteiger partial charge in [0.2, 0.25) is 0 Å². The van der Waals surface area contributed by atoms with E-state index in [9.17, 15) is 14.4 Å². The average molecular weight is 877 g/mol. The van der Waals surface area contributed by atoms with Crippen LogP contribution in [0.25, 0.3) is 0 Å². The maximum atomic E-state index is 12.8. The van der Waals surface area contributed by atoms with Gasteiger partial charge in [-0.1, -0.05) is 266 Å². The Balaban J connectivity index is 4.26. The van der Waals surface area contributed by atoms with E-state index < -0.39 is 6.10 Å². The van der Waals surface area contributed by atoms with Crippen LogP contribution in [0.1, 0.15) is 305 Å². The number of unbranched alkanes of at least 4 members (excludes halogenated alkanes) is 32. The third-order valence-electron chi connectivity index (χ3n) is 12.6. The highest BCUT2D eigenvalue weighted by Crippen LogP contribution is 2.18. The Morgan fingerprint density at radius 3 is 0.694 bits per heavy atom. The summed E-state index contributed by atoms with van der Waals surface area (Å²) in [7, 11) is 0. The molecule has 6 nitrogen and oxygen atoms in total. The van der Waals surface area contributed by atoms with E-state index in [1.807, 2.05) is 0 Å². The van der Waals surface area contributed by atoms with E-state index in [0.29, 0.717) is 19.3 Å². The van der Waals surface area contributed by atoms with Crippen molar-refractivity contribution in [2.45, 2.75) is 311 Å². The number of rotatable bonds is 49. The summed E-state index contributed by atoms with van der Waals surface area (Å²) in [5.74, 6) is 1.62. The number of hydrogen-bond acceptors (Lipinski definition) is 6. The molecular formula is C56H108O6. The summed E-state index contributed by atoms with van der Waals surface area (Å²) in [6.07, 6.45) is 48.1. The fraction of sp³-hybridized carbons (Fsp3) is 0.946. The summed E-state index contributed by atoms with van der Waals surface area (Å²) in [4.78, 5) is 38.0. The van der Waals surface area contributed by atoms with Crippen LogP contribution < -0.4 is 0 Å². The van der Waals surface area contributed by atoms with Crippen LogP contribution in [0, 0.1) is 17.8 Å². The van der Waals surface area contributed by atoms with Gasteiger partial charge in [0, 0.05) is 19.3 Å². The molecule has 0 rings (SSSR count). The van der Waals surface area contributed by atoms with Crippen LogP contribution in [0.4, 0.5) is 0 Å². The smallest absolute Gasteiger partial charge is 0.306 e. The summed E-state index contributed by atoms with van der Waals surface area (Å²) < 4.78 is 16.8. The first-order chi connectivity index (χ1) is 30.1. The van der Waals surface area contributed by atoms with Crippen LogP contribution >= 0.6 is 0 Å². The van der Waals surface area contributed by atoms with E-state index in [1.165, 1.54) is 186 Å². The Labute approximate surface area is 387 Å². The first-order valence-corrected chi connectivity index (χ1v) is 27.6. The van der Waals surface area contributed by atoms with Crippen molar-refractivity contribution in [3.8, 4) is 0 Å². The minimum atomic E-state index is -0.763. The largest absolute Gasteiger partial charge is 0.462 e. The normalized spacial score (nSPS) is 12.1. The molecule has 0 spiro atoms. The van der Waals surface area contributed by atoms with Crippen molar-refractivity contribution in [1.29, 1.82) is 0 Å². The van der Waals surface area contributed by atoms with Gasteiger partial charge in [-0.3, -0.25) is 14.4 Å². The minimum Gasteiger partial charge on any atom is -0.462 e. The second-order valence-electron chi connectivity index (χ2n) is 20.6. The molecule has 6 heteroatoms. The molecule has 0 saturated carbocycles. The van der Waals surface area contributed by atoms with Gasteiger partial charge in [0.1, 0.15) is 13.2 Å². The molecule has 368 valence electrons. The van der Waals surface area contributed by atoms with Crippen LogP contribution in [0.15, 0.2) is 0 Å². The number of carbonyl (C=O) groups is 3. The number of carbonyl (C=O) groups excluding carboxylic acids is 3. The first-order valence-electron chi connectivity index (χ1n) is 27.6. The van der Waals surface area contributed by atoms with Crippen molar-refractivity contribution >= 4 is 17.9 Å². The van der Waals surface area contributed by atoms with E-state index in [4.69, 9.17) is 14.2 Å². The molecule has 0 bridgehead atoms. The van der Waals surface area contributed by atoms with Crippen molar-refractivity contribution in [1.82, 2.24) is 0 Å². The summed E-state index contributed by atoms with van der Waals surface area (Å²) in [5.41, 5.74) is 0. The van der Waals surface area contributed by atoms with Gasteiger partial charge >= 0.3 is 17.9 Å². The molecule has 0 N–H and O–H groups in total. The van der Waals surface area contributed by atoms with Crippen molar-refractivity contribution in [2.24, 2.45) is 17.8 Å². The molecule has 0 radical (unpaired) electrons. The lowest BCUT2D eigenvalue weighted by atomic mass is 10.0. The van der Waals surface area contributed by atoms with E-state index in [-0.39, 0.29) is 31.1 Å². The van der Waals surface area contributed by atoms with Crippen molar-refractivity contribution in [3.05, 3.63) is 0 Å². The lowest BCUT2D eigenvalue weighted by Crippen LogP contribution is -2.30. The Kier molecular flexibility index (Phi) is 46.2. The molecule has 0 amide bonds. The molecule has 0 saturated heterocycles. The number of ether oxygens (including phenoxy) is 3. The number of esters is 3. The molecule has 0 fully saturated rings. The van der Waals surface area contributed by atoms with E-state index >= 15 is 0 Å². The molecule has 0 aromatic rings. The predicted octanol–water partition coefficient (Wildman–Crippen LogP) is 17.9. The molecule has 0 aliphatic heterocycles. The fourth-order valence-electron chi connectivity index (χ4n) is 8.47. The third kappa shape index (κ3) is 49.4. The minimum absolute atomic E-state index is 0.0643. The number of hydrogen-bond donors (Lipinski definition) is 0. The van der Waals surface area contributed by atoms with Gasteiger partial charge in [0.05, 0.1) is 0 Å². The molecule has 0 heterocycles. The standard InChI is InChI=1S/C56H108O6/c1-50(2)42-36-30-24-18-14-11-9-7-8-10-12-16-20-27-33-39-45-54(57)60-48-53(49-61-55(58)46-40-34-28-23-22-26-32-38-44-52(5)6)62-56(59)47-41-35-29-21-17-13-15-19-25-31-37-43-51(3)4/h50-53H,7-49H2,1-6H3/t53-/m0/s1. The van der Waals surface area contributed by atoms with Gasteiger partial charge in [0.25, 0.3) is 0 Å². The van der Waals surface area contributed by atoms with E-state index in [1.54, 1.807) is 0 Å². The summed E-state index contributed by atoms with van der Waals surface area (Å²) in [6, 6.07) is 0. The Bertz CT molecular complexity index is 960. The van der Waals surface area contributed by atoms with Crippen LogP contribution in [0.2, 0.25) is 0 Å². The first kappa shape index (κ1) is 60.4. The highest BCUT2D eigenvalue weighted by Gasteiger charge is 2.19. The summed E-state index contributed by atoms with van der Waals surface area (Å²) in [5, 5.41) is 0. The maximum absolute atomic E-state index is 12.8. The zero-order chi connectivity index (χ0) is 45.6. The lowest BCUT2D eigenvalue weighted by molar-refractivity contribution is -0.167. The maximum Gasteiger partial charge on any atom is 0.306 e. The SMILES string of the molecule is CC(C)CCCCCCCCCCCCCCCCCCC(=O)OC[C@@H](COC(=O)CCCCCCCCCCC(C)C)OC(=O)CCCCCCCCCCCCCC(C)C. The van der Waals surface area contributed by atoms with E-state index in [0.717, 1.165) is 75.5 Å². The molecule has 0 aliphatic carbocycles. The van der Waals surface area contributed by atoms with Crippen LogP contribution in [-0.2, 0) is 28.6 Å². The zero-order valence-corrected chi connectivity index (χ0v) is 42.7. The molecule has 1 atom stereocenters. The van der Waals surface area contributed by atoms with Crippen LogP contribution in [0.3, 0.4) is 0 Å². The van der Waals surface area contributed by atoms with E-state index in [2.05, 4.69) is 41.5 Å². The van der Waals surface area contributed by atoms with Gasteiger partial charge in [-0.05, 0) is 37.0 Å². The van der Waals surface area contributed by atoms with Crippen molar-refractivity contribution < 1.29 is 28.6 Å². The lowest BCUT2D eigenvalue weighted by Gasteiger charge is -2.18. The van der Waals surface area contributed by atoms with Crippen molar-refractivity contribution in [3.63, 3.8) is 0 Å². The monoisotopic (exact) mass is 877 g/mol. The van der Waals surface area contributed by atoms with Gasteiger partial charge in [-0.2, -0.15) is 0 Å². The predicted molar refractivity (Wildman–Crippen MR) is 266 cm³/mol. The average Bonchev–Trinajstić information content (AvgIpc) is 3.23. The molecule has 0 aliphatic rings. The topological polar surface area (TPSA) is 78.9 Å². The van der Waals surface area contributed by atoms with Crippen LogP contribution in [-0.4, -0.2) is 37.2 Å². The van der Waals surface area contributed by atoms with Gasteiger partial charge in [-0.15, -0.1) is 0 Å². The summed E-state index contributed by atoms with van der Waals surface area (Å²) in [6.45, 7) is 13.7. The van der Waals surface area contributed by atoms with Crippen molar-refractivity contribution in [2.75, 3.05) is 13.2 Å². The van der Waals surface area contributed by atoms with Crippen LogP contribution in [0.5, 0.6) is 0 Å². The third-order valence-corrected chi connectivity index (χ3v) is 12.6. The molecule has 0 aromatic carbocycles. The molecule has 62 heavy (non-hydrogen) atoms. The quantitative estimate of drug-likeness (QED) is 0.0344. The molecule has 0 unspecified atom stereocenters. The zero-order valence-electron chi connectivity index (χ0n) is 42.7. The van der Waals surface area contributed by atoms with Gasteiger partial charge < -0.3 is 14.2 Å².